The molecule has 2 rings (SSSR count). The molecule has 18 heavy (non-hydrogen) atoms. The van der Waals surface area contributed by atoms with E-state index < -0.39 is 11.2 Å². The van der Waals surface area contributed by atoms with Gasteiger partial charge in [0.1, 0.15) is 10.8 Å². The van der Waals surface area contributed by atoms with E-state index in [2.05, 4.69) is 15.3 Å². The fourth-order valence-electron chi connectivity index (χ4n) is 1.48. The van der Waals surface area contributed by atoms with Gasteiger partial charge in [-0.1, -0.05) is 17.7 Å². The lowest BCUT2D eigenvalue weighted by atomic mass is 10.3. The molecule has 0 bridgehead atoms. The van der Waals surface area contributed by atoms with Crippen LogP contribution in [-0.4, -0.2) is 21.6 Å². The maximum absolute atomic E-state index is 11.6. The average molecular weight is 267 g/mol. The first-order valence-electron chi connectivity index (χ1n) is 5.23. The summed E-state index contributed by atoms with van der Waals surface area (Å²) in [6, 6.07) is 5.42. The first-order valence-corrected chi connectivity index (χ1v) is 5.61. The zero-order valence-electron chi connectivity index (χ0n) is 9.61. The third-order valence-electron chi connectivity index (χ3n) is 2.36. The van der Waals surface area contributed by atoms with Crippen molar-refractivity contribution in [2.24, 2.45) is 0 Å². The molecule has 0 amide bonds. The molecule has 2 heterocycles. The fourth-order valence-corrected chi connectivity index (χ4v) is 1.65. The van der Waals surface area contributed by atoms with Crippen LogP contribution in [0.2, 0.25) is 5.02 Å². The van der Waals surface area contributed by atoms with Crippen LogP contribution < -0.4 is 16.6 Å². The predicted octanol–water partition coefficient (Wildman–Crippen LogP) is 0.675. The molecule has 0 saturated carbocycles. The second kappa shape index (κ2) is 5.05. The topological polar surface area (TPSA) is 79.8 Å². The summed E-state index contributed by atoms with van der Waals surface area (Å²) in [5, 5.41) is 2.88. The Morgan fingerprint density at radius 1 is 1.44 bits per heavy atom. The molecule has 0 aliphatic carbocycles. The van der Waals surface area contributed by atoms with E-state index >= 15 is 0 Å². The Hall–Kier alpha value is -2.08. The fraction of sp³-hybridized carbons (Fsp3) is 0.182. The average Bonchev–Trinajstić information content (AvgIpc) is 2.36. The lowest BCUT2D eigenvalue weighted by Crippen LogP contribution is -2.30. The lowest BCUT2D eigenvalue weighted by Gasteiger charge is -2.06. The van der Waals surface area contributed by atoms with Crippen molar-refractivity contribution in [3.8, 4) is 0 Å². The summed E-state index contributed by atoms with van der Waals surface area (Å²) in [7, 11) is 1.76. The maximum Gasteiger partial charge on any atom is 0.328 e. The molecule has 0 aliphatic heterocycles. The zero-order valence-corrected chi connectivity index (χ0v) is 10.4. The summed E-state index contributed by atoms with van der Waals surface area (Å²) in [5.74, 6) is 0.705. The molecule has 0 spiro atoms. The van der Waals surface area contributed by atoms with E-state index in [0.717, 1.165) is 0 Å². The van der Waals surface area contributed by atoms with Crippen LogP contribution in [0.15, 0.2) is 34.0 Å². The van der Waals surface area contributed by atoms with Gasteiger partial charge in [0.05, 0.1) is 12.2 Å². The first-order chi connectivity index (χ1) is 8.60. The third-order valence-corrected chi connectivity index (χ3v) is 2.63. The minimum absolute atomic E-state index is 0.0284. The molecule has 2 N–H and O–H groups in total. The smallest absolute Gasteiger partial charge is 0.328 e. The number of nitrogens with zero attached hydrogens (tertiary/aromatic N) is 2. The molecular formula is C11H11ClN4O2. The van der Waals surface area contributed by atoms with Gasteiger partial charge in [-0.2, -0.15) is 0 Å². The molecule has 0 aliphatic rings. The Bertz CT molecular complexity index is 677. The Morgan fingerprint density at radius 3 is 2.94 bits per heavy atom. The number of aromatic amines is 1. The quantitative estimate of drug-likeness (QED) is 0.856. The minimum atomic E-state index is -0.588. The second-order valence-corrected chi connectivity index (χ2v) is 4.04. The normalized spacial score (nSPS) is 10.3. The molecule has 2 aromatic rings. The first kappa shape index (κ1) is 12.4. The molecular weight excluding hydrogens is 256 g/mol. The van der Waals surface area contributed by atoms with Crippen LogP contribution in [0.4, 0.5) is 5.82 Å². The highest BCUT2D eigenvalue weighted by molar-refractivity contribution is 6.30. The largest absolute Gasteiger partial charge is 0.373 e. The molecule has 0 fully saturated rings. The van der Waals surface area contributed by atoms with E-state index in [4.69, 9.17) is 11.6 Å². The van der Waals surface area contributed by atoms with Crippen molar-refractivity contribution in [1.29, 1.82) is 0 Å². The van der Waals surface area contributed by atoms with E-state index in [1.165, 1.54) is 10.8 Å². The van der Waals surface area contributed by atoms with Gasteiger partial charge in [0.2, 0.25) is 0 Å². The standard InChI is InChI=1S/C11H11ClN4O2/c1-13-9-4-2-3-7(14-9)5-16-6-8(12)10(17)15-11(16)18/h2-4,6H,5H2,1H3,(H,13,14)(H,15,17,18). The van der Waals surface area contributed by atoms with E-state index in [1.54, 1.807) is 13.1 Å². The van der Waals surface area contributed by atoms with Crippen molar-refractivity contribution < 1.29 is 0 Å². The molecule has 0 atom stereocenters. The van der Waals surface area contributed by atoms with Crippen LogP contribution in [0.3, 0.4) is 0 Å². The molecule has 0 unspecified atom stereocenters. The highest BCUT2D eigenvalue weighted by Gasteiger charge is 2.04. The van der Waals surface area contributed by atoms with Gasteiger partial charge in [0.15, 0.2) is 0 Å². The number of halogens is 1. The number of hydrogen-bond acceptors (Lipinski definition) is 4. The molecule has 0 aromatic carbocycles. The van der Waals surface area contributed by atoms with Crippen molar-refractivity contribution in [2.75, 3.05) is 12.4 Å². The van der Waals surface area contributed by atoms with Crippen LogP contribution in [0.1, 0.15) is 5.69 Å². The Kier molecular flexibility index (Phi) is 3.47. The monoisotopic (exact) mass is 266 g/mol. The van der Waals surface area contributed by atoms with Gasteiger partial charge in [0, 0.05) is 13.2 Å². The highest BCUT2D eigenvalue weighted by atomic mass is 35.5. The van der Waals surface area contributed by atoms with E-state index in [1.807, 2.05) is 12.1 Å². The summed E-state index contributed by atoms with van der Waals surface area (Å²) in [6.07, 6.45) is 1.30. The number of anilines is 1. The molecule has 2 aromatic heterocycles. The van der Waals surface area contributed by atoms with E-state index in [9.17, 15) is 9.59 Å². The third kappa shape index (κ3) is 2.60. The second-order valence-electron chi connectivity index (χ2n) is 3.63. The van der Waals surface area contributed by atoms with Crippen molar-refractivity contribution in [1.82, 2.24) is 14.5 Å². The summed E-state index contributed by atoms with van der Waals surface area (Å²) < 4.78 is 1.30. The summed E-state index contributed by atoms with van der Waals surface area (Å²) in [6.45, 7) is 0.241. The van der Waals surface area contributed by atoms with Gasteiger partial charge in [-0.15, -0.1) is 0 Å². The van der Waals surface area contributed by atoms with Gasteiger partial charge in [-0.25, -0.2) is 9.78 Å². The van der Waals surface area contributed by atoms with Crippen LogP contribution in [-0.2, 0) is 6.54 Å². The van der Waals surface area contributed by atoms with Gasteiger partial charge in [-0.3, -0.25) is 14.3 Å². The Labute approximate surface area is 107 Å². The number of nitrogens with one attached hydrogen (secondary N) is 2. The number of H-pyrrole nitrogens is 1. The maximum atomic E-state index is 11.6. The number of rotatable bonds is 3. The van der Waals surface area contributed by atoms with Crippen LogP contribution in [0.5, 0.6) is 0 Å². The minimum Gasteiger partial charge on any atom is -0.373 e. The Morgan fingerprint density at radius 2 is 2.22 bits per heavy atom. The predicted molar refractivity (Wildman–Crippen MR) is 69.2 cm³/mol. The molecule has 0 radical (unpaired) electrons. The van der Waals surface area contributed by atoms with Crippen molar-refractivity contribution in [3.63, 3.8) is 0 Å². The van der Waals surface area contributed by atoms with Gasteiger partial charge in [0.25, 0.3) is 5.56 Å². The van der Waals surface area contributed by atoms with Gasteiger partial charge in [-0.05, 0) is 12.1 Å². The molecule has 7 heteroatoms. The van der Waals surface area contributed by atoms with Gasteiger partial charge < -0.3 is 5.32 Å². The zero-order chi connectivity index (χ0) is 13.1. The SMILES string of the molecule is CNc1cccc(Cn2cc(Cl)c(=O)[nH]c2=O)n1. The van der Waals surface area contributed by atoms with Crippen molar-refractivity contribution in [3.05, 3.63) is 56.0 Å². The lowest BCUT2D eigenvalue weighted by molar-refractivity contribution is 0.706. The summed E-state index contributed by atoms with van der Waals surface area (Å²) in [4.78, 5) is 29.1. The molecule has 94 valence electrons. The summed E-state index contributed by atoms with van der Waals surface area (Å²) >= 11 is 5.67. The van der Waals surface area contributed by atoms with Crippen LogP contribution >= 0.6 is 11.6 Å². The molecule has 6 nitrogen and oxygen atoms in total. The van der Waals surface area contributed by atoms with Crippen molar-refractivity contribution in [2.45, 2.75) is 6.54 Å². The summed E-state index contributed by atoms with van der Waals surface area (Å²) in [5.41, 5.74) is -0.414. The number of pyridine rings is 1. The van der Waals surface area contributed by atoms with Crippen molar-refractivity contribution >= 4 is 17.4 Å². The Balaban J connectivity index is 2.36. The van der Waals surface area contributed by atoms with E-state index in [-0.39, 0.29) is 11.6 Å². The highest BCUT2D eigenvalue weighted by Crippen LogP contribution is 2.05. The number of hydrogen-bond donors (Lipinski definition) is 2. The van der Waals surface area contributed by atoms with Crippen LogP contribution in [0, 0.1) is 0 Å². The van der Waals surface area contributed by atoms with Gasteiger partial charge >= 0.3 is 5.69 Å². The van der Waals surface area contributed by atoms with Crippen LogP contribution in [0.25, 0.3) is 0 Å². The number of aromatic nitrogens is 3. The van der Waals surface area contributed by atoms with E-state index in [0.29, 0.717) is 11.5 Å². The molecule has 0 saturated heterocycles.